The summed E-state index contributed by atoms with van der Waals surface area (Å²) in [6, 6.07) is -0.764. The predicted molar refractivity (Wildman–Crippen MR) is 21.8 cm³/mol. The largest absolute Gasteiger partial charge is 1.00 e. The molecule has 0 aliphatic heterocycles. The van der Waals surface area contributed by atoms with Gasteiger partial charge in [-0.15, -0.1) is 0 Å². The molecule has 0 aromatic carbocycles. The molecule has 4 nitrogen and oxygen atoms in total. The van der Waals surface area contributed by atoms with E-state index in [1.165, 1.54) is 6.92 Å². The number of nitrogens with two attached hydrogens (primary N) is 1. The van der Waals surface area contributed by atoms with Crippen LogP contribution in [0.3, 0.4) is 0 Å². The summed E-state index contributed by atoms with van der Waals surface area (Å²) in [5.41, 5.74) is 2.00. The van der Waals surface area contributed by atoms with Crippen molar-refractivity contribution < 1.29 is 39.5 Å². The number of rotatable bonds is 2. The molecular formula is C3H7N2NaO2. The molecule has 0 amide bonds. The molecule has 3 N–H and O–H groups in total. The van der Waals surface area contributed by atoms with Gasteiger partial charge in [0.15, 0.2) is 0 Å². The van der Waals surface area contributed by atoms with Crippen molar-refractivity contribution in [1.82, 2.24) is 5.43 Å². The van der Waals surface area contributed by atoms with Crippen molar-refractivity contribution in [3.05, 3.63) is 0 Å². The molecule has 0 aliphatic carbocycles. The van der Waals surface area contributed by atoms with Gasteiger partial charge in [-0.25, -0.2) is 0 Å². The molecule has 8 heavy (non-hydrogen) atoms. The Hall–Kier alpha value is 0.390. The van der Waals surface area contributed by atoms with Gasteiger partial charge in [0.2, 0.25) is 0 Å². The fraction of sp³-hybridized carbons (Fsp3) is 0.667. The van der Waals surface area contributed by atoms with Crippen LogP contribution >= 0.6 is 0 Å². The first-order chi connectivity index (χ1) is 3.18. The van der Waals surface area contributed by atoms with Crippen LogP contribution in [0.1, 0.15) is 6.92 Å². The van der Waals surface area contributed by atoms with E-state index in [1.54, 1.807) is 0 Å². The third kappa shape index (κ3) is 4.55. The number of nitrogens with one attached hydrogen (secondary N) is 1. The number of hydrogen-bond donors (Lipinski definition) is 2. The van der Waals surface area contributed by atoms with Crippen LogP contribution in [-0.4, -0.2) is 12.0 Å². The second kappa shape index (κ2) is 5.53. The van der Waals surface area contributed by atoms with Crippen LogP contribution in [0.2, 0.25) is 0 Å². The van der Waals surface area contributed by atoms with Gasteiger partial charge in [0.25, 0.3) is 0 Å². The van der Waals surface area contributed by atoms with Crippen LogP contribution in [0, 0.1) is 0 Å². The Labute approximate surface area is 69.7 Å². The molecule has 0 fully saturated rings. The van der Waals surface area contributed by atoms with Crippen LogP contribution in [0.25, 0.3) is 0 Å². The van der Waals surface area contributed by atoms with Crippen LogP contribution < -0.4 is 45.9 Å². The topological polar surface area (TPSA) is 78.2 Å². The molecule has 0 saturated carbocycles. The van der Waals surface area contributed by atoms with Gasteiger partial charge in [-0.3, -0.25) is 11.3 Å². The van der Waals surface area contributed by atoms with E-state index in [4.69, 9.17) is 5.84 Å². The molecule has 0 unspecified atom stereocenters. The fourth-order valence-electron chi connectivity index (χ4n) is 0.0680. The maximum Gasteiger partial charge on any atom is 1.00 e. The number of carboxylic acid groups (broad SMARTS) is 1. The summed E-state index contributed by atoms with van der Waals surface area (Å²) in [7, 11) is 0. The number of hydrazine groups is 1. The van der Waals surface area contributed by atoms with Crippen molar-refractivity contribution in [2.24, 2.45) is 5.84 Å². The van der Waals surface area contributed by atoms with Crippen molar-refractivity contribution >= 4 is 5.97 Å². The molecule has 1 atom stereocenters. The molecule has 0 saturated heterocycles. The van der Waals surface area contributed by atoms with E-state index in [2.05, 4.69) is 0 Å². The average molecular weight is 126 g/mol. The van der Waals surface area contributed by atoms with Crippen molar-refractivity contribution in [2.45, 2.75) is 13.0 Å². The first kappa shape index (κ1) is 11.2. The summed E-state index contributed by atoms with van der Waals surface area (Å²) in [6.45, 7) is 1.40. The zero-order valence-electron chi connectivity index (χ0n) is 4.97. The monoisotopic (exact) mass is 126 g/mol. The van der Waals surface area contributed by atoms with Crippen LogP contribution in [0.5, 0.6) is 0 Å². The molecule has 0 rings (SSSR count). The molecule has 5 heteroatoms. The first-order valence-corrected chi connectivity index (χ1v) is 1.85. The average Bonchev–Trinajstić information content (AvgIpc) is 1.65. The molecule has 0 aromatic rings. The Kier molecular flexibility index (Phi) is 7.75. The summed E-state index contributed by atoms with van der Waals surface area (Å²) in [6.07, 6.45) is 0. The molecule has 0 aromatic heterocycles. The zero-order valence-corrected chi connectivity index (χ0v) is 6.97. The van der Waals surface area contributed by atoms with Crippen LogP contribution in [0.4, 0.5) is 0 Å². The van der Waals surface area contributed by atoms with Crippen molar-refractivity contribution in [1.29, 1.82) is 0 Å². The molecule has 0 aliphatic rings. The Bertz CT molecular complexity index is 77.7. The van der Waals surface area contributed by atoms with Gasteiger partial charge in [0.05, 0.1) is 12.0 Å². The summed E-state index contributed by atoms with van der Waals surface area (Å²) in [4.78, 5) is 9.68. The second-order valence-corrected chi connectivity index (χ2v) is 1.21. The predicted octanol–water partition coefficient (Wildman–Crippen LogP) is -5.41. The van der Waals surface area contributed by atoms with Gasteiger partial charge >= 0.3 is 29.6 Å². The molecule has 0 bridgehead atoms. The standard InChI is InChI=1S/C3H8N2O2.Na/c1-2(5-4)3(6)7;/h2,5H,4H2,1H3,(H,6,7);/q;+1/p-1/t2-;/m0./s1. The number of hydrogen-bond acceptors (Lipinski definition) is 4. The zero-order chi connectivity index (χ0) is 5.86. The van der Waals surface area contributed by atoms with Crippen molar-refractivity contribution in [2.75, 3.05) is 0 Å². The number of carboxylic acids is 1. The quantitative estimate of drug-likeness (QED) is 0.220. The third-order valence-corrected chi connectivity index (χ3v) is 0.604. The van der Waals surface area contributed by atoms with E-state index in [0.717, 1.165) is 0 Å². The van der Waals surface area contributed by atoms with E-state index >= 15 is 0 Å². The fourth-order valence-corrected chi connectivity index (χ4v) is 0.0680. The second-order valence-electron chi connectivity index (χ2n) is 1.21. The summed E-state index contributed by atoms with van der Waals surface area (Å²) < 4.78 is 0. The number of aliphatic carboxylic acids is 1. The summed E-state index contributed by atoms with van der Waals surface area (Å²) >= 11 is 0. The van der Waals surface area contributed by atoms with E-state index in [0.29, 0.717) is 0 Å². The van der Waals surface area contributed by atoms with E-state index in [9.17, 15) is 9.90 Å². The Balaban J connectivity index is 0. The Morgan fingerprint density at radius 2 is 2.25 bits per heavy atom. The normalized spacial score (nSPS) is 11.8. The van der Waals surface area contributed by atoms with E-state index < -0.39 is 12.0 Å². The maximum atomic E-state index is 9.68. The number of carbonyl (C=O) groups excluding carboxylic acids is 1. The minimum absolute atomic E-state index is 0. The van der Waals surface area contributed by atoms with Gasteiger partial charge in [-0.2, -0.15) is 0 Å². The molecule has 0 spiro atoms. The summed E-state index contributed by atoms with van der Waals surface area (Å²) in [5, 5.41) is 9.68. The van der Waals surface area contributed by atoms with Crippen molar-refractivity contribution in [3.8, 4) is 0 Å². The summed E-state index contributed by atoms with van der Waals surface area (Å²) in [5.74, 6) is 3.51. The molecule has 42 valence electrons. The Morgan fingerprint density at radius 1 is 1.88 bits per heavy atom. The van der Waals surface area contributed by atoms with Crippen LogP contribution in [0.15, 0.2) is 0 Å². The first-order valence-electron chi connectivity index (χ1n) is 1.85. The molecule has 0 radical (unpaired) electrons. The number of carbonyl (C=O) groups is 1. The minimum atomic E-state index is -1.19. The van der Waals surface area contributed by atoms with Gasteiger partial charge < -0.3 is 9.90 Å². The smallest absolute Gasteiger partial charge is 0.548 e. The SMILES string of the molecule is C[C@H](NN)C(=O)[O-].[Na+]. The molecular weight excluding hydrogens is 119 g/mol. The van der Waals surface area contributed by atoms with E-state index in [-0.39, 0.29) is 29.6 Å². The van der Waals surface area contributed by atoms with Gasteiger partial charge in [-0.1, -0.05) is 0 Å². The Morgan fingerprint density at radius 3 is 2.25 bits per heavy atom. The van der Waals surface area contributed by atoms with Gasteiger partial charge in [0, 0.05) is 0 Å². The van der Waals surface area contributed by atoms with Crippen molar-refractivity contribution in [3.63, 3.8) is 0 Å². The molecule has 0 heterocycles. The van der Waals surface area contributed by atoms with E-state index in [1.807, 2.05) is 5.43 Å². The van der Waals surface area contributed by atoms with Gasteiger partial charge in [0.1, 0.15) is 0 Å². The van der Waals surface area contributed by atoms with Gasteiger partial charge in [-0.05, 0) is 6.92 Å². The van der Waals surface area contributed by atoms with Crippen LogP contribution in [-0.2, 0) is 4.79 Å². The maximum absolute atomic E-state index is 9.68. The minimum Gasteiger partial charge on any atom is -0.548 e. The third-order valence-electron chi connectivity index (χ3n) is 0.604.